The van der Waals surface area contributed by atoms with Gasteiger partial charge in [0.1, 0.15) is 11.3 Å². The van der Waals surface area contributed by atoms with Crippen LogP contribution in [0.3, 0.4) is 0 Å². The predicted molar refractivity (Wildman–Crippen MR) is 83.5 cm³/mol. The Morgan fingerprint density at radius 3 is 2.81 bits per heavy atom. The summed E-state index contributed by atoms with van der Waals surface area (Å²) in [5, 5.41) is 0. The molecule has 5 nitrogen and oxygen atoms in total. The zero-order valence-corrected chi connectivity index (χ0v) is 12.8. The molecule has 0 saturated heterocycles. The van der Waals surface area contributed by atoms with Gasteiger partial charge in [0.25, 0.3) is 0 Å². The van der Waals surface area contributed by atoms with E-state index >= 15 is 0 Å². The lowest BCUT2D eigenvalue weighted by atomic mass is 9.80. The second-order valence-electron chi connectivity index (χ2n) is 5.77. The van der Waals surface area contributed by atoms with Crippen LogP contribution in [0.25, 0.3) is 11.0 Å². The average molecular weight is 289 g/mol. The van der Waals surface area contributed by atoms with Crippen molar-refractivity contribution in [3.63, 3.8) is 0 Å². The van der Waals surface area contributed by atoms with E-state index in [1.807, 2.05) is 18.2 Å². The third-order valence-corrected chi connectivity index (χ3v) is 4.38. The van der Waals surface area contributed by atoms with Crippen LogP contribution in [-0.2, 0) is 11.3 Å². The second-order valence-corrected chi connectivity index (χ2v) is 5.77. The summed E-state index contributed by atoms with van der Waals surface area (Å²) < 4.78 is 13.5. The van der Waals surface area contributed by atoms with Gasteiger partial charge in [-0.25, -0.2) is 4.98 Å². The van der Waals surface area contributed by atoms with Gasteiger partial charge in [0.05, 0.1) is 24.3 Å². The van der Waals surface area contributed by atoms with E-state index in [2.05, 4.69) is 16.5 Å². The molecule has 0 atom stereocenters. The second kappa shape index (κ2) is 5.56. The Hall–Kier alpha value is -1.75. The average Bonchev–Trinajstić information content (AvgIpc) is 2.77. The molecular formula is C16H23N3O2. The number of nitrogen functional groups attached to an aromatic ring is 1. The number of rotatable bonds is 6. The van der Waals surface area contributed by atoms with Crippen molar-refractivity contribution in [2.75, 3.05) is 19.5 Å². The van der Waals surface area contributed by atoms with E-state index in [-0.39, 0.29) is 5.60 Å². The summed E-state index contributed by atoms with van der Waals surface area (Å²) in [5.41, 5.74) is 7.91. The standard InChI is InChI=1S/C16H23N3O2/c1-3-10-21-13-7-4-6-12-14(13)18-15(17)19(12)11-16(20-2)8-5-9-16/h4,6-7H,3,5,8-11H2,1-2H3,(H2,17,18). The van der Waals surface area contributed by atoms with Gasteiger partial charge in [0, 0.05) is 7.11 Å². The van der Waals surface area contributed by atoms with E-state index in [0.717, 1.165) is 42.6 Å². The monoisotopic (exact) mass is 289 g/mol. The molecule has 0 spiro atoms. The highest BCUT2D eigenvalue weighted by molar-refractivity contribution is 5.84. The fraction of sp³-hybridized carbons (Fsp3) is 0.562. The van der Waals surface area contributed by atoms with Gasteiger partial charge >= 0.3 is 0 Å². The number of para-hydroxylation sites is 1. The van der Waals surface area contributed by atoms with E-state index < -0.39 is 0 Å². The Balaban J connectivity index is 1.97. The molecule has 1 saturated carbocycles. The van der Waals surface area contributed by atoms with Crippen LogP contribution >= 0.6 is 0 Å². The van der Waals surface area contributed by atoms with Crippen molar-refractivity contribution in [2.45, 2.75) is 44.8 Å². The van der Waals surface area contributed by atoms with Crippen LogP contribution in [0.5, 0.6) is 5.75 Å². The molecule has 0 unspecified atom stereocenters. The topological polar surface area (TPSA) is 62.3 Å². The normalized spacial score (nSPS) is 16.9. The van der Waals surface area contributed by atoms with E-state index in [4.69, 9.17) is 15.2 Å². The van der Waals surface area contributed by atoms with Crippen molar-refractivity contribution in [3.05, 3.63) is 18.2 Å². The number of nitrogens with zero attached hydrogens (tertiary/aromatic N) is 2. The number of imidazole rings is 1. The highest BCUT2D eigenvalue weighted by Crippen LogP contribution is 2.38. The number of anilines is 1. The zero-order chi connectivity index (χ0) is 14.9. The summed E-state index contributed by atoms with van der Waals surface area (Å²) in [5.74, 6) is 1.33. The summed E-state index contributed by atoms with van der Waals surface area (Å²) in [6.45, 7) is 3.53. The number of hydrogen-bond donors (Lipinski definition) is 1. The smallest absolute Gasteiger partial charge is 0.201 e. The lowest BCUT2D eigenvalue weighted by molar-refractivity contribution is -0.0824. The third-order valence-electron chi connectivity index (χ3n) is 4.38. The number of hydrogen-bond acceptors (Lipinski definition) is 4. The van der Waals surface area contributed by atoms with E-state index in [1.54, 1.807) is 7.11 Å². The fourth-order valence-corrected chi connectivity index (χ4v) is 2.92. The molecule has 2 aromatic rings. The first kappa shape index (κ1) is 14.2. The maximum absolute atomic E-state index is 6.13. The maximum Gasteiger partial charge on any atom is 0.201 e. The number of benzene rings is 1. The molecule has 0 bridgehead atoms. The molecule has 21 heavy (non-hydrogen) atoms. The molecule has 2 N–H and O–H groups in total. The number of methoxy groups -OCH3 is 1. The molecule has 1 aliphatic carbocycles. The first-order valence-corrected chi connectivity index (χ1v) is 7.62. The van der Waals surface area contributed by atoms with E-state index in [1.165, 1.54) is 6.42 Å². The molecule has 0 amide bonds. The molecule has 5 heteroatoms. The van der Waals surface area contributed by atoms with E-state index in [0.29, 0.717) is 12.6 Å². The molecule has 1 fully saturated rings. The summed E-state index contributed by atoms with van der Waals surface area (Å²) in [6.07, 6.45) is 4.34. The molecule has 1 aromatic carbocycles. The minimum absolute atomic E-state index is 0.0813. The Morgan fingerprint density at radius 1 is 1.38 bits per heavy atom. The van der Waals surface area contributed by atoms with Crippen molar-refractivity contribution in [3.8, 4) is 5.75 Å². The largest absolute Gasteiger partial charge is 0.491 e. The summed E-state index contributed by atoms with van der Waals surface area (Å²) in [4.78, 5) is 4.50. The Labute approximate surface area is 125 Å². The van der Waals surface area contributed by atoms with Gasteiger partial charge < -0.3 is 19.8 Å². The lowest BCUT2D eigenvalue weighted by Crippen LogP contribution is -2.43. The molecule has 3 rings (SSSR count). The highest BCUT2D eigenvalue weighted by atomic mass is 16.5. The Kier molecular flexibility index (Phi) is 3.76. The molecule has 0 aliphatic heterocycles. The quantitative estimate of drug-likeness (QED) is 0.888. The highest BCUT2D eigenvalue weighted by Gasteiger charge is 2.38. The van der Waals surface area contributed by atoms with Gasteiger partial charge in [0.2, 0.25) is 5.95 Å². The number of ether oxygens (including phenoxy) is 2. The van der Waals surface area contributed by atoms with Crippen molar-refractivity contribution >= 4 is 17.0 Å². The van der Waals surface area contributed by atoms with Crippen molar-refractivity contribution < 1.29 is 9.47 Å². The molecule has 1 aromatic heterocycles. The summed E-state index contributed by atoms with van der Waals surface area (Å²) in [7, 11) is 1.78. The van der Waals surface area contributed by atoms with Crippen LogP contribution in [0.1, 0.15) is 32.6 Å². The molecule has 1 aliphatic rings. The molecule has 114 valence electrons. The fourth-order valence-electron chi connectivity index (χ4n) is 2.92. The van der Waals surface area contributed by atoms with E-state index in [9.17, 15) is 0 Å². The van der Waals surface area contributed by atoms with Crippen LogP contribution < -0.4 is 10.5 Å². The molecular weight excluding hydrogens is 266 g/mol. The number of nitrogens with two attached hydrogens (primary N) is 1. The van der Waals surface area contributed by atoms with Crippen LogP contribution in [0.2, 0.25) is 0 Å². The van der Waals surface area contributed by atoms with Gasteiger partial charge in [-0.05, 0) is 37.8 Å². The minimum Gasteiger partial charge on any atom is -0.491 e. The number of aromatic nitrogens is 2. The van der Waals surface area contributed by atoms with Crippen LogP contribution in [0.4, 0.5) is 5.95 Å². The van der Waals surface area contributed by atoms with Crippen molar-refractivity contribution in [1.29, 1.82) is 0 Å². The number of fused-ring (bicyclic) bond motifs is 1. The summed E-state index contributed by atoms with van der Waals surface area (Å²) >= 11 is 0. The Morgan fingerprint density at radius 2 is 2.19 bits per heavy atom. The lowest BCUT2D eigenvalue weighted by Gasteiger charge is -2.40. The first-order valence-electron chi connectivity index (χ1n) is 7.62. The van der Waals surface area contributed by atoms with Gasteiger partial charge in [-0.2, -0.15) is 0 Å². The maximum atomic E-state index is 6.13. The van der Waals surface area contributed by atoms with Gasteiger partial charge in [-0.3, -0.25) is 0 Å². The SMILES string of the molecule is CCCOc1cccc2c1nc(N)n2CC1(OC)CCC1. The molecule has 0 radical (unpaired) electrons. The van der Waals surface area contributed by atoms with Crippen LogP contribution in [0.15, 0.2) is 18.2 Å². The van der Waals surface area contributed by atoms with Crippen LogP contribution in [0, 0.1) is 0 Å². The molecule has 1 heterocycles. The summed E-state index contributed by atoms with van der Waals surface area (Å²) in [6, 6.07) is 5.98. The zero-order valence-electron chi connectivity index (χ0n) is 12.8. The third kappa shape index (κ3) is 2.46. The van der Waals surface area contributed by atoms with Crippen molar-refractivity contribution in [2.24, 2.45) is 0 Å². The van der Waals surface area contributed by atoms with Gasteiger partial charge in [-0.15, -0.1) is 0 Å². The Bertz CT molecular complexity index is 626. The first-order chi connectivity index (χ1) is 10.2. The van der Waals surface area contributed by atoms with Gasteiger partial charge in [-0.1, -0.05) is 13.0 Å². The van der Waals surface area contributed by atoms with Gasteiger partial charge in [0.15, 0.2) is 0 Å². The minimum atomic E-state index is -0.0813. The predicted octanol–water partition coefficient (Wildman–Crippen LogP) is 2.98. The van der Waals surface area contributed by atoms with Crippen LogP contribution in [-0.4, -0.2) is 28.9 Å². The van der Waals surface area contributed by atoms with Crippen molar-refractivity contribution in [1.82, 2.24) is 9.55 Å².